The predicted molar refractivity (Wildman–Crippen MR) is 109 cm³/mol. The Morgan fingerprint density at radius 1 is 1.07 bits per heavy atom. The molecule has 1 spiro atoms. The van der Waals surface area contributed by atoms with Gasteiger partial charge in [0.1, 0.15) is 18.1 Å². The summed E-state index contributed by atoms with van der Waals surface area (Å²) in [4.78, 5) is 14.0. The zero-order valence-electron chi connectivity index (χ0n) is 16.8. The minimum absolute atomic E-state index is 0.210. The van der Waals surface area contributed by atoms with E-state index in [2.05, 4.69) is 5.32 Å². The second-order valence-electron chi connectivity index (χ2n) is 7.36. The lowest BCUT2D eigenvalue weighted by Crippen LogP contribution is -2.34. The number of amides is 2. The summed E-state index contributed by atoms with van der Waals surface area (Å²) in [6.45, 7) is 0.839. The number of urea groups is 1. The molecule has 1 fully saturated rings. The van der Waals surface area contributed by atoms with Crippen molar-refractivity contribution in [3.63, 3.8) is 0 Å². The number of nitrogens with one attached hydrogen (secondary N) is 1. The summed E-state index contributed by atoms with van der Waals surface area (Å²) >= 11 is 0. The van der Waals surface area contributed by atoms with E-state index in [1.165, 1.54) is 0 Å². The minimum atomic E-state index is -0.499. The highest BCUT2D eigenvalue weighted by atomic mass is 16.7. The normalized spacial score (nSPS) is 15.9. The standard InChI is InChI=1S/C22H26N2O5/c1-24(13-14-27-18-8-6-17(26-2)7-9-18)21(25)23-16-5-10-19-20(15-16)29-22(28-19)11-3-4-12-22/h5-10,15H,3-4,11-14H2,1-2H3,(H,23,25). The highest BCUT2D eigenvalue weighted by Crippen LogP contribution is 2.47. The van der Waals surface area contributed by atoms with Gasteiger partial charge in [-0.1, -0.05) is 0 Å². The van der Waals surface area contributed by atoms with Gasteiger partial charge in [0.15, 0.2) is 11.5 Å². The average Bonchev–Trinajstić information content (AvgIpc) is 3.33. The van der Waals surface area contributed by atoms with Crippen LogP contribution in [0.5, 0.6) is 23.0 Å². The third kappa shape index (κ3) is 4.34. The lowest BCUT2D eigenvalue weighted by molar-refractivity contribution is -0.0716. The third-order valence-electron chi connectivity index (χ3n) is 5.25. The Kier molecular flexibility index (Phi) is 5.38. The van der Waals surface area contributed by atoms with Gasteiger partial charge in [-0.15, -0.1) is 0 Å². The summed E-state index contributed by atoms with van der Waals surface area (Å²) in [6.07, 6.45) is 4.03. The van der Waals surface area contributed by atoms with E-state index in [0.29, 0.717) is 24.6 Å². The Balaban J connectivity index is 1.27. The van der Waals surface area contributed by atoms with E-state index < -0.39 is 5.79 Å². The highest BCUT2D eigenvalue weighted by molar-refractivity contribution is 5.89. The van der Waals surface area contributed by atoms with Crippen molar-refractivity contribution in [2.24, 2.45) is 0 Å². The third-order valence-corrected chi connectivity index (χ3v) is 5.25. The number of methoxy groups -OCH3 is 1. The Labute approximate surface area is 170 Å². The number of carbonyl (C=O) groups excluding carboxylic acids is 1. The summed E-state index contributed by atoms with van der Waals surface area (Å²) < 4.78 is 22.9. The molecule has 7 nitrogen and oxygen atoms in total. The molecule has 0 unspecified atom stereocenters. The molecule has 2 aliphatic rings. The number of rotatable bonds is 6. The molecule has 29 heavy (non-hydrogen) atoms. The topological polar surface area (TPSA) is 69.3 Å². The highest BCUT2D eigenvalue weighted by Gasteiger charge is 2.44. The van der Waals surface area contributed by atoms with E-state index in [1.54, 1.807) is 19.1 Å². The van der Waals surface area contributed by atoms with Crippen LogP contribution in [0, 0.1) is 0 Å². The monoisotopic (exact) mass is 398 g/mol. The molecule has 2 aromatic carbocycles. The Morgan fingerprint density at radius 2 is 1.76 bits per heavy atom. The van der Waals surface area contributed by atoms with E-state index in [4.69, 9.17) is 18.9 Å². The van der Waals surface area contributed by atoms with Gasteiger partial charge >= 0.3 is 6.03 Å². The maximum atomic E-state index is 12.5. The summed E-state index contributed by atoms with van der Waals surface area (Å²) in [5.41, 5.74) is 0.676. The molecule has 154 valence electrons. The van der Waals surface area contributed by atoms with E-state index >= 15 is 0 Å². The van der Waals surface area contributed by atoms with Crippen molar-refractivity contribution >= 4 is 11.7 Å². The number of likely N-dealkylation sites (N-methyl/N-ethyl adjacent to an activating group) is 1. The van der Waals surface area contributed by atoms with E-state index in [0.717, 1.165) is 42.9 Å². The number of carbonyl (C=O) groups is 1. The minimum Gasteiger partial charge on any atom is -0.497 e. The van der Waals surface area contributed by atoms with E-state index in [9.17, 15) is 4.79 Å². The fraction of sp³-hybridized carbons (Fsp3) is 0.409. The molecule has 1 aliphatic heterocycles. The van der Waals surface area contributed by atoms with Gasteiger partial charge in [-0.3, -0.25) is 0 Å². The van der Waals surface area contributed by atoms with E-state index in [1.807, 2.05) is 42.5 Å². The zero-order valence-corrected chi connectivity index (χ0v) is 16.8. The van der Waals surface area contributed by atoms with Crippen molar-refractivity contribution in [1.29, 1.82) is 0 Å². The smallest absolute Gasteiger partial charge is 0.321 e. The number of fused-ring (bicyclic) bond motifs is 1. The zero-order chi connectivity index (χ0) is 20.3. The van der Waals surface area contributed by atoms with Gasteiger partial charge in [0.05, 0.1) is 13.7 Å². The molecule has 1 heterocycles. The maximum Gasteiger partial charge on any atom is 0.321 e. The molecule has 0 bridgehead atoms. The van der Waals surface area contributed by atoms with Crippen LogP contribution in [0.1, 0.15) is 25.7 Å². The fourth-order valence-corrected chi connectivity index (χ4v) is 3.58. The Bertz CT molecular complexity index is 862. The number of ether oxygens (including phenoxy) is 4. The van der Waals surface area contributed by atoms with Crippen LogP contribution in [-0.2, 0) is 0 Å². The van der Waals surface area contributed by atoms with Crippen molar-refractivity contribution in [2.75, 3.05) is 32.6 Å². The second-order valence-corrected chi connectivity index (χ2v) is 7.36. The molecule has 2 aromatic rings. The molecule has 1 N–H and O–H groups in total. The molecular formula is C22H26N2O5. The largest absolute Gasteiger partial charge is 0.497 e. The molecule has 1 saturated carbocycles. The molecule has 4 rings (SSSR count). The number of nitrogens with zero attached hydrogens (tertiary/aromatic N) is 1. The quantitative estimate of drug-likeness (QED) is 0.787. The van der Waals surface area contributed by atoms with Gasteiger partial charge in [-0.05, 0) is 49.2 Å². The molecular weight excluding hydrogens is 372 g/mol. The summed E-state index contributed by atoms with van der Waals surface area (Å²) in [5, 5.41) is 2.89. The molecule has 7 heteroatoms. The molecule has 1 aliphatic carbocycles. The van der Waals surface area contributed by atoms with Gasteiger partial charge in [0.2, 0.25) is 0 Å². The van der Waals surface area contributed by atoms with Crippen LogP contribution >= 0.6 is 0 Å². The van der Waals surface area contributed by atoms with Gasteiger partial charge in [0, 0.05) is 31.6 Å². The van der Waals surface area contributed by atoms with Gasteiger partial charge < -0.3 is 29.2 Å². The van der Waals surface area contributed by atoms with Crippen LogP contribution in [0.2, 0.25) is 0 Å². The second kappa shape index (κ2) is 8.11. The van der Waals surface area contributed by atoms with Crippen LogP contribution in [0.15, 0.2) is 42.5 Å². The van der Waals surface area contributed by atoms with Gasteiger partial charge in [-0.25, -0.2) is 4.79 Å². The predicted octanol–water partition coefficient (Wildman–Crippen LogP) is 4.28. The Morgan fingerprint density at radius 3 is 2.48 bits per heavy atom. The van der Waals surface area contributed by atoms with E-state index in [-0.39, 0.29) is 6.03 Å². The Hall–Kier alpha value is -3.09. The van der Waals surface area contributed by atoms with Crippen LogP contribution in [0.3, 0.4) is 0 Å². The summed E-state index contributed by atoms with van der Waals surface area (Å²) in [7, 11) is 3.35. The lowest BCUT2D eigenvalue weighted by Gasteiger charge is -2.21. The van der Waals surface area contributed by atoms with Gasteiger partial charge in [-0.2, -0.15) is 0 Å². The SMILES string of the molecule is COc1ccc(OCCN(C)C(=O)Nc2ccc3c(c2)OC2(CCCC2)O3)cc1. The first-order valence-electron chi connectivity index (χ1n) is 9.88. The van der Waals surface area contributed by atoms with Crippen molar-refractivity contribution in [3.8, 4) is 23.0 Å². The molecule has 0 aromatic heterocycles. The van der Waals surface area contributed by atoms with Gasteiger partial charge in [0.25, 0.3) is 5.79 Å². The molecule has 0 saturated heterocycles. The average molecular weight is 398 g/mol. The first-order chi connectivity index (χ1) is 14.1. The van der Waals surface area contributed by atoms with Crippen molar-refractivity contribution in [3.05, 3.63) is 42.5 Å². The lowest BCUT2D eigenvalue weighted by atomic mass is 10.2. The first-order valence-corrected chi connectivity index (χ1v) is 9.88. The molecule has 0 atom stereocenters. The van der Waals surface area contributed by atoms with Crippen molar-refractivity contribution in [2.45, 2.75) is 31.5 Å². The maximum absolute atomic E-state index is 12.5. The van der Waals surface area contributed by atoms with Crippen LogP contribution in [0.4, 0.5) is 10.5 Å². The first kappa shape index (κ1) is 19.2. The number of anilines is 1. The van der Waals surface area contributed by atoms with Crippen LogP contribution in [0.25, 0.3) is 0 Å². The molecule has 2 amide bonds. The summed E-state index contributed by atoms with van der Waals surface area (Å²) in [6, 6.07) is 12.6. The number of hydrogen-bond acceptors (Lipinski definition) is 5. The summed E-state index contributed by atoms with van der Waals surface area (Å²) in [5.74, 6) is 2.44. The van der Waals surface area contributed by atoms with Crippen LogP contribution < -0.4 is 24.3 Å². The number of hydrogen-bond donors (Lipinski definition) is 1. The van der Waals surface area contributed by atoms with Crippen molar-refractivity contribution < 1.29 is 23.7 Å². The number of benzene rings is 2. The van der Waals surface area contributed by atoms with Crippen LogP contribution in [-0.4, -0.2) is 44.0 Å². The fourth-order valence-electron chi connectivity index (χ4n) is 3.58. The molecule has 0 radical (unpaired) electrons. The van der Waals surface area contributed by atoms with Crippen molar-refractivity contribution in [1.82, 2.24) is 4.90 Å².